The van der Waals surface area contributed by atoms with Gasteiger partial charge in [0, 0.05) is 19.0 Å². The molecule has 98 valence electrons. The van der Waals surface area contributed by atoms with Crippen LogP contribution in [0.15, 0.2) is 11.2 Å². The minimum atomic E-state index is -3.60. The van der Waals surface area contributed by atoms with Crippen molar-refractivity contribution >= 4 is 33.2 Å². The van der Waals surface area contributed by atoms with E-state index in [4.69, 9.17) is 23.2 Å². The van der Waals surface area contributed by atoms with E-state index < -0.39 is 10.0 Å². The van der Waals surface area contributed by atoms with Gasteiger partial charge in [0.25, 0.3) is 10.0 Å². The molecule has 5 nitrogen and oxygen atoms in total. The van der Waals surface area contributed by atoms with E-state index in [-0.39, 0.29) is 15.4 Å². The Morgan fingerprint density at radius 1 is 1.59 bits per heavy atom. The molecule has 0 bridgehead atoms. The molecule has 1 atom stereocenters. The number of sulfonamides is 1. The van der Waals surface area contributed by atoms with Crippen LogP contribution in [0.5, 0.6) is 0 Å². The van der Waals surface area contributed by atoms with Gasteiger partial charge in [-0.3, -0.25) is 4.68 Å². The van der Waals surface area contributed by atoms with Crippen molar-refractivity contribution in [2.75, 3.05) is 6.54 Å². The standard InChI is InChI=1S/C9H15Cl2N3O2S/c1-7(10)4-3-5-13-17(15,16)9-8(11)6-12-14(9)2/h6-7,13H,3-5H2,1-2H3. The molecule has 0 aliphatic heterocycles. The highest BCUT2D eigenvalue weighted by Crippen LogP contribution is 2.19. The minimum absolute atomic E-state index is 0.0157. The molecule has 1 unspecified atom stereocenters. The fraction of sp³-hybridized carbons (Fsp3) is 0.667. The van der Waals surface area contributed by atoms with Crippen LogP contribution in [0.1, 0.15) is 19.8 Å². The SMILES string of the molecule is CC(Cl)CCCNS(=O)(=O)c1c(Cl)cnn1C. The van der Waals surface area contributed by atoms with Crippen LogP contribution in [0.25, 0.3) is 0 Å². The van der Waals surface area contributed by atoms with Crippen LogP contribution in [-0.2, 0) is 17.1 Å². The van der Waals surface area contributed by atoms with Gasteiger partial charge in [0.15, 0.2) is 5.03 Å². The maximum atomic E-state index is 11.9. The van der Waals surface area contributed by atoms with Crippen LogP contribution in [0.2, 0.25) is 5.02 Å². The Morgan fingerprint density at radius 2 is 2.24 bits per heavy atom. The van der Waals surface area contributed by atoms with Gasteiger partial charge in [0.05, 0.1) is 11.2 Å². The Kier molecular flexibility index (Phi) is 5.24. The predicted molar refractivity (Wildman–Crippen MR) is 68.0 cm³/mol. The number of alkyl halides is 1. The number of nitrogens with one attached hydrogen (secondary N) is 1. The Morgan fingerprint density at radius 3 is 2.71 bits per heavy atom. The zero-order valence-corrected chi connectivity index (χ0v) is 12.0. The van der Waals surface area contributed by atoms with Gasteiger partial charge < -0.3 is 0 Å². The second kappa shape index (κ2) is 6.04. The molecule has 1 aromatic heterocycles. The van der Waals surface area contributed by atoms with Gasteiger partial charge in [0.2, 0.25) is 0 Å². The first kappa shape index (κ1) is 14.8. The molecule has 0 aliphatic carbocycles. The number of rotatable bonds is 6. The molecule has 0 aliphatic rings. The zero-order chi connectivity index (χ0) is 13.1. The van der Waals surface area contributed by atoms with Crippen molar-refractivity contribution < 1.29 is 8.42 Å². The Hall–Kier alpha value is -0.300. The van der Waals surface area contributed by atoms with Gasteiger partial charge in [-0.25, -0.2) is 13.1 Å². The van der Waals surface area contributed by atoms with Crippen LogP contribution in [0, 0.1) is 0 Å². The molecule has 1 heterocycles. The normalized spacial score (nSPS) is 13.9. The minimum Gasteiger partial charge on any atom is -0.255 e. The van der Waals surface area contributed by atoms with Crippen molar-refractivity contribution in [2.45, 2.75) is 30.2 Å². The largest absolute Gasteiger partial charge is 0.259 e. The molecular weight excluding hydrogens is 285 g/mol. The zero-order valence-electron chi connectivity index (χ0n) is 9.65. The molecule has 17 heavy (non-hydrogen) atoms. The van der Waals surface area contributed by atoms with E-state index in [0.29, 0.717) is 13.0 Å². The summed E-state index contributed by atoms with van der Waals surface area (Å²) in [5.41, 5.74) is 0. The average Bonchev–Trinajstić information content (AvgIpc) is 2.53. The second-order valence-corrected chi connectivity index (χ2v) is 6.58. The molecule has 0 amide bonds. The fourth-order valence-electron chi connectivity index (χ4n) is 1.36. The highest BCUT2D eigenvalue weighted by molar-refractivity contribution is 7.89. The number of hydrogen-bond acceptors (Lipinski definition) is 3. The van der Waals surface area contributed by atoms with Gasteiger partial charge in [-0.15, -0.1) is 11.6 Å². The Balaban J connectivity index is 2.64. The first-order valence-corrected chi connectivity index (χ1v) is 7.45. The molecule has 1 rings (SSSR count). The monoisotopic (exact) mass is 299 g/mol. The summed E-state index contributed by atoms with van der Waals surface area (Å²) in [5, 5.41) is 3.93. The summed E-state index contributed by atoms with van der Waals surface area (Å²) in [6, 6.07) is 0. The summed E-state index contributed by atoms with van der Waals surface area (Å²) in [6.07, 6.45) is 2.74. The van der Waals surface area contributed by atoms with Crippen LogP contribution in [0.4, 0.5) is 0 Å². The maximum absolute atomic E-state index is 11.9. The van der Waals surface area contributed by atoms with Crippen LogP contribution in [0.3, 0.4) is 0 Å². The summed E-state index contributed by atoms with van der Waals surface area (Å²) >= 11 is 11.5. The summed E-state index contributed by atoms with van der Waals surface area (Å²) in [7, 11) is -2.07. The molecule has 0 spiro atoms. The lowest BCUT2D eigenvalue weighted by molar-refractivity contribution is 0.559. The molecule has 1 aromatic rings. The topological polar surface area (TPSA) is 64.0 Å². The quantitative estimate of drug-likeness (QED) is 0.643. The fourth-order valence-corrected chi connectivity index (χ4v) is 3.24. The lowest BCUT2D eigenvalue weighted by Gasteiger charge is -2.07. The van der Waals surface area contributed by atoms with Crippen molar-refractivity contribution in [3.8, 4) is 0 Å². The Labute approximate surface area is 111 Å². The first-order chi connectivity index (χ1) is 7.84. The smallest absolute Gasteiger partial charge is 0.255 e. The third-order valence-corrected chi connectivity index (χ3v) is 4.35. The van der Waals surface area contributed by atoms with Crippen molar-refractivity contribution in [3.63, 3.8) is 0 Å². The molecule has 1 N–H and O–H groups in total. The van der Waals surface area contributed by atoms with E-state index in [2.05, 4.69) is 9.82 Å². The van der Waals surface area contributed by atoms with Gasteiger partial charge >= 0.3 is 0 Å². The number of hydrogen-bond donors (Lipinski definition) is 1. The summed E-state index contributed by atoms with van der Waals surface area (Å²) < 4.78 is 27.5. The summed E-state index contributed by atoms with van der Waals surface area (Å²) in [6.45, 7) is 2.20. The molecule has 0 saturated heterocycles. The third kappa shape index (κ3) is 4.13. The van der Waals surface area contributed by atoms with Gasteiger partial charge in [-0.05, 0) is 19.8 Å². The molecule has 0 saturated carbocycles. The van der Waals surface area contributed by atoms with Gasteiger partial charge in [0.1, 0.15) is 0 Å². The molecule has 0 radical (unpaired) electrons. The highest BCUT2D eigenvalue weighted by atomic mass is 35.5. The molecule has 0 fully saturated rings. The van der Waals surface area contributed by atoms with E-state index in [9.17, 15) is 8.42 Å². The van der Waals surface area contributed by atoms with E-state index in [1.165, 1.54) is 17.9 Å². The van der Waals surface area contributed by atoms with Crippen molar-refractivity contribution in [2.24, 2.45) is 7.05 Å². The predicted octanol–water partition coefficient (Wildman–Crippen LogP) is 1.76. The highest BCUT2D eigenvalue weighted by Gasteiger charge is 2.21. The number of nitrogens with zero attached hydrogens (tertiary/aromatic N) is 2. The van der Waals surface area contributed by atoms with Crippen molar-refractivity contribution in [3.05, 3.63) is 11.2 Å². The summed E-state index contributed by atoms with van der Waals surface area (Å²) in [4.78, 5) is 0. The van der Waals surface area contributed by atoms with Crippen LogP contribution in [-0.4, -0.2) is 30.1 Å². The lowest BCUT2D eigenvalue weighted by Crippen LogP contribution is -2.27. The molecule has 0 aromatic carbocycles. The van der Waals surface area contributed by atoms with Crippen molar-refractivity contribution in [1.29, 1.82) is 0 Å². The lowest BCUT2D eigenvalue weighted by atomic mass is 10.2. The van der Waals surface area contributed by atoms with Crippen LogP contribution >= 0.6 is 23.2 Å². The van der Waals surface area contributed by atoms with E-state index >= 15 is 0 Å². The maximum Gasteiger partial charge on any atom is 0.259 e. The molecular formula is C9H15Cl2N3O2S. The van der Waals surface area contributed by atoms with Crippen molar-refractivity contribution in [1.82, 2.24) is 14.5 Å². The van der Waals surface area contributed by atoms with Gasteiger partial charge in [-0.1, -0.05) is 11.6 Å². The number of aryl methyl sites for hydroxylation is 1. The van der Waals surface area contributed by atoms with Gasteiger partial charge in [-0.2, -0.15) is 5.10 Å². The van der Waals surface area contributed by atoms with E-state index in [1.54, 1.807) is 0 Å². The second-order valence-electron chi connectivity index (χ2n) is 3.74. The molecule has 8 heteroatoms. The number of halogens is 2. The third-order valence-electron chi connectivity index (χ3n) is 2.17. The number of aromatic nitrogens is 2. The summed E-state index contributed by atoms with van der Waals surface area (Å²) in [5.74, 6) is 0. The van der Waals surface area contributed by atoms with E-state index in [0.717, 1.165) is 6.42 Å². The Bertz CT molecular complexity index is 451. The van der Waals surface area contributed by atoms with E-state index in [1.807, 2.05) is 6.92 Å². The van der Waals surface area contributed by atoms with Crippen LogP contribution < -0.4 is 4.72 Å². The average molecular weight is 300 g/mol. The first-order valence-electron chi connectivity index (χ1n) is 5.16.